The Balaban J connectivity index is 1.94. The van der Waals surface area contributed by atoms with Gasteiger partial charge in [0.05, 0.1) is 17.5 Å². The molecule has 0 atom stereocenters. The van der Waals surface area contributed by atoms with Crippen molar-refractivity contribution in [2.24, 2.45) is 0 Å². The average molecular weight is 441 g/mol. The number of aryl methyl sites for hydroxylation is 1. The molecule has 4 aromatic rings. The van der Waals surface area contributed by atoms with Crippen LogP contribution < -0.4 is 5.43 Å². The first-order chi connectivity index (χ1) is 14.3. The van der Waals surface area contributed by atoms with Gasteiger partial charge in [-0.15, -0.1) is 0 Å². The number of rotatable bonds is 4. The van der Waals surface area contributed by atoms with E-state index in [1.165, 1.54) is 18.3 Å². The molecule has 150 valence electrons. The highest BCUT2D eigenvalue weighted by molar-refractivity contribution is 6.31. The molecular formula is C23H15Cl2FN2O2. The summed E-state index contributed by atoms with van der Waals surface area (Å²) in [5, 5.41) is 1.00. The van der Waals surface area contributed by atoms with Gasteiger partial charge in [0.15, 0.2) is 5.78 Å². The number of fused-ring (bicyclic) bond motifs is 1. The van der Waals surface area contributed by atoms with E-state index in [1.54, 1.807) is 54.0 Å². The van der Waals surface area contributed by atoms with Crippen LogP contribution in [-0.4, -0.2) is 15.3 Å². The fourth-order valence-corrected chi connectivity index (χ4v) is 3.60. The van der Waals surface area contributed by atoms with Gasteiger partial charge < -0.3 is 4.57 Å². The minimum absolute atomic E-state index is 0.0135. The van der Waals surface area contributed by atoms with E-state index in [4.69, 9.17) is 23.2 Å². The van der Waals surface area contributed by atoms with Crippen LogP contribution in [0.25, 0.3) is 11.0 Å². The smallest absolute Gasteiger partial charge is 0.202 e. The van der Waals surface area contributed by atoms with Crippen LogP contribution in [0.15, 0.2) is 65.6 Å². The summed E-state index contributed by atoms with van der Waals surface area (Å²) in [5.41, 5.74) is 1.14. The van der Waals surface area contributed by atoms with Gasteiger partial charge in [0.25, 0.3) is 0 Å². The predicted molar refractivity (Wildman–Crippen MR) is 116 cm³/mol. The SMILES string of the molecule is Cc1ccc2c(=O)c(C(=O)c3ccc(Cl)cc3)cn(Cc3c(F)cccc3Cl)c2n1. The first kappa shape index (κ1) is 20.3. The van der Waals surface area contributed by atoms with Crippen molar-refractivity contribution in [2.45, 2.75) is 13.5 Å². The summed E-state index contributed by atoms with van der Waals surface area (Å²) in [6, 6.07) is 14.0. The Morgan fingerprint density at radius 3 is 2.50 bits per heavy atom. The molecule has 4 rings (SSSR count). The van der Waals surface area contributed by atoms with Crippen LogP contribution in [0.3, 0.4) is 0 Å². The third-order valence-electron chi connectivity index (χ3n) is 4.80. The lowest BCUT2D eigenvalue weighted by Gasteiger charge is -2.14. The normalized spacial score (nSPS) is 11.1. The van der Waals surface area contributed by atoms with Gasteiger partial charge in [-0.1, -0.05) is 29.3 Å². The number of nitrogens with zero attached hydrogens (tertiary/aromatic N) is 2. The first-order valence-corrected chi connectivity index (χ1v) is 9.84. The van der Waals surface area contributed by atoms with Crippen molar-refractivity contribution in [2.75, 3.05) is 0 Å². The maximum absolute atomic E-state index is 14.4. The van der Waals surface area contributed by atoms with Crippen LogP contribution in [0.2, 0.25) is 10.0 Å². The summed E-state index contributed by atoms with van der Waals surface area (Å²) in [7, 11) is 0. The number of ketones is 1. The van der Waals surface area contributed by atoms with Crippen LogP contribution in [-0.2, 0) is 6.54 Å². The topological polar surface area (TPSA) is 52.0 Å². The van der Waals surface area contributed by atoms with E-state index >= 15 is 0 Å². The van der Waals surface area contributed by atoms with E-state index in [1.807, 2.05) is 0 Å². The fraction of sp³-hybridized carbons (Fsp3) is 0.0870. The van der Waals surface area contributed by atoms with Crippen molar-refractivity contribution in [3.05, 3.63) is 109 Å². The van der Waals surface area contributed by atoms with Gasteiger partial charge in [-0.2, -0.15) is 0 Å². The maximum Gasteiger partial charge on any atom is 0.202 e. The lowest BCUT2D eigenvalue weighted by atomic mass is 10.0. The largest absolute Gasteiger partial charge is 0.327 e. The van der Waals surface area contributed by atoms with Crippen molar-refractivity contribution >= 4 is 40.0 Å². The zero-order chi connectivity index (χ0) is 21.4. The van der Waals surface area contributed by atoms with Crippen molar-refractivity contribution in [1.82, 2.24) is 9.55 Å². The number of hydrogen-bond acceptors (Lipinski definition) is 3. The Hall–Kier alpha value is -3.02. The van der Waals surface area contributed by atoms with Gasteiger partial charge in [-0.25, -0.2) is 9.37 Å². The molecule has 2 aromatic carbocycles. The zero-order valence-corrected chi connectivity index (χ0v) is 17.3. The van der Waals surface area contributed by atoms with Crippen molar-refractivity contribution in [3.8, 4) is 0 Å². The number of pyridine rings is 2. The minimum Gasteiger partial charge on any atom is -0.327 e. The second kappa shape index (κ2) is 8.01. The molecule has 0 saturated carbocycles. The van der Waals surface area contributed by atoms with Gasteiger partial charge in [0.2, 0.25) is 5.43 Å². The molecule has 0 N–H and O–H groups in total. The zero-order valence-electron chi connectivity index (χ0n) is 15.8. The van der Waals surface area contributed by atoms with Gasteiger partial charge in [0.1, 0.15) is 11.5 Å². The Morgan fingerprint density at radius 2 is 1.80 bits per heavy atom. The Labute approximate surface area is 181 Å². The van der Waals surface area contributed by atoms with Crippen molar-refractivity contribution in [3.63, 3.8) is 0 Å². The second-order valence-electron chi connectivity index (χ2n) is 6.86. The molecule has 0 saturated heterocycles. The molecule has 0 bridgehead atoms. The third-order valence-corrected chi connectivity index (χ3v) is 5.41. The Morgan fingerprint density at radius 1 is 1.07 bits per heavy atom. The third kappa shape index (κ3) is 3.74. The standard InChI is InChI=1S/C23H15Cl2FN2O2/c1-13-5-10-16-22(30)18(21(29)14-6-8-15(24)9-7-14)12-28(23(16)27-13)11-17-19(25)3-2-4-20(17)26/h2-10,12H,11H2,1H3. The van der Waals surface area contributed by atoms with E-state index in [2.05, 4.69) is 4.98 Å². The fourth-order valence-electron chi connectivity index (χ4n) is 3.25. The highest BCUT2D eigenvalue weighted by Crippen LogP contribution is 2.22. The first-order valence-electron chi connectivity index (χ1n) is 9.09. The highest BCUT2D eigenvalue weighted by atomic mass is 35.5. The molecule has 7 heteroatoms. The molecule has 0 aliphatic carbocycles. The predicted octanol–water partition coefficient (Wildman–Crippen LogP) is 5.43. The second-order valence-corrected chi connectivity index (χ2v) is 7.70. The Bertz CT molecular complexity index is 1330. The molecular weight excluding hydrogens is 426 g/mol. The number of aromatic nitrogens is 2. The molecule has 0 unspecified atom stereocenters. The summed E-state index contributed by atoms with van der Waals surface area (Å²) in [6.45, 7) is 1.80. The van der Waals surface area contributed by atoms with Crippen LogP contribution in [0.5, 0.6) is 0 Å². The van der Waals surface area contributed by atoms with E-state index in [-0.39, 0.29) is 28.1 Å². The number of hydrogen-bond donors (Lipinski definition) is 0. The van der Waals surface area contributed by atoms with Crippen LogP contribution >= 0.6 is 23.2 Å². The number of benzene rings is 2. The molecule has 0 aliphatic rings. The quantitative estimate of drug-likeness (QED) is 0.397. The van der Waals surface area contributed by atoms with Gasteiger partial charge >= 0.3 is 0 Å². The number of carbonyl (C=O) groups is 1. The van der Waals surface area contributed by atoms with E-state index in [0.29, 0.717) is 21.9 Å². The maximum atomic E-state index is 14.4. The lowest BCUT2D eigenvalue weighted by molar-refractivity contribution is 0.103. The van der Waals surface area contributed by atoms with Gasteiger partial charge in [-0.05, 0) is 55.5 Å². The summed E-state index contributed by atoms with van der Waals surface area (Å²) in [6.07, 6.45) is 1.41. The van der Waals surface area contributed by atoms with Crippen molar-refractivity contribution < 1.29 is 9.18 Å². The van der Waals surface area contributed by atoms with E-state index in [9.17, 15) is 14.0 Å². The van der Waals surface area contributed by atoms with Crippen LogP contribution in [0.4, 0.5) is 4.39 Å². The molecule has 0 fully saturated rings. The summed E-state index contributed by atoms with van der Waals surface area (Å²) >= 11 is 12.1. The molecule has 4 nitrogen and oxygen atoms in total. The van der Waals surface area contributed by atoms with Crippen molar-refractivity contribution in [1.29, 1.82) is 0 Å². The van der Waals surface area contributed by atoms with Gasteiger partial charge in [0, 0.05) is 33.1 Å². The summed E-state index contributed by atoms with van der Waals surface area (Å²) in [4.78, 5) is 30.6. The Kier molecular flexibility index (Phi) is 5.41. The number of carbonyl (C=O) groups excluding carboxylic acids is 1. The average Bonchev–Trinajstić information content (AvgIpc) is 2.72. The number of halogens is 3. The minimum atomic E-state index is -0.479. The highest BCUT2D eigenvalue weighted by Gasteiger charge is 2.19. The van der Waals surface area contributed by atoms with E-state index in [0.717, 1.165) is 0 Å². The molecule has 0 amide bonds. The van der Waals surface area contributed by atoms with Crippen LogP contribution in [0, 0.1) is 12.7 Å². The van der Waals surface area contributed by atoms with E-state index < -0.39 is 17.0 Å². The molecule has 2 aromatic heterocycles. The lowest BCUT2D eigenvalue weighted by Crippen LogP contribution is -2.21. The molecule has 30 heavy (non-hydrogen) atoms. The molecule has 2 heterocycles. The molecule has 0 aliphatic heterocycles. The summed E-state index contributed by atoms with van der Waals surface area (Å²) in [5.74, 6) is -0.930. The molecule has 0 radical (unpaired) electrons. The molecule has 0 spiro atoms. The monoisotopic (exact) mass is 440 g/mol. The van der Waals surface area contributed by atoms with Gasteiger partial charge in [-0.3, -0.25) is 9.59 Å². The summed E-state index contributed by atoms with van der Waals surface area (Å²) < 4.78 is 16.0. The van der Waals surface area contributed by atoms with Crippen LogP contribution in [0.1, 0.15) is 27.2 Å².